The number of rotatable bonds is 0. The summed E-state index contributed by atoms with van der Waals surface area (Å²) in [7, 11) is 0. The third kappa shape index (κ3) is 48.8. The number of aryl methyl sites for hydroxylation is 26. The lowest BCUT2D eigenvalue weighted by molar-refractivity contribution is 1.15. The average molecular weight is 1530 g/mol. The first-order valence-electron chi connectivity index (χ1n) is 39.9. The number of hydrogen-bond acceptors (Lipinski definition) is 6. The van der Waals surface area contributed by atoms with Gasteiger partial charge in [-0.05, 0) is 331 Å². The molecule has 0 spiro atoms. The van der Waals surface area contributed by atoms with Crippen LogP contribution in [0.5, 0.6) is 0 Å². The highest BCUT2D eigenvalue weighted by molar-refractivity contribution is 5.84. The third-order valence-electron chi connectivity index (χ3n) is 18.3. The van der Waals surface area contributed by atoms with Gasteiger partial charge in [0.15, 0.2) is 0 Å². The Hall–Kier alpha value is -11.6. The zero-order chi connectivity index (χ0) is 85.6. The minimum Gasteiger partial charge on any atom is -0.264 e. The summed E-state index contributed by atoms with van der Waals surface area (Å²) in [5.74, 6) is 0. The zero-order valence-electron chi connectivity index (χ0n) is 75.3. The second-order valence-corrected chi connectivity index (χ2v) is 30.0. The first-order chi connectivity index (χ1) is 54.6. The molecule has 602 valence electrons. The summed E-state index contributed by atoms with van der Waals surface area (Å²) in [6, 6.07) is 85.7. The van der Waals surface area contributed by atoms with Crippen molar-refractivity contribution in [2.45, 2.75) is 200 Å². The molecule has 0 bridgehead atoms. The molecule has 0 saturated carbocycles. The van der Waals surface area contributed by atoms with Crippen LogP contribution in [0.3, 0.4) is 0 Å². The fraction of sp³-hybridized carbons (Fsp3) is 0.266. The maximum Gasteiger partial charge on any atom is 0.0401 e. The Morgan fingerprint density at radius 2 is 0.417 bits per heavy atom. The molecule has 0 fully saturated rings. The van der Waals surface area contributed by atoms with Crippen molar-refractivity contribution in [3.8, 4) is 0 Å². The molecular weight excluding hydrogens is 1390 g/mol. The van der Waals surface area contributed by atoms with Gasteiger partial charge >= 0.3 is 0 Å². The lowest BCUT2D eigenvalue weighted by atomic mass is 10.0. The van der Waals surface area contributed by atoms with Gasteiger partial charge in [-0.1, -0.05) is 269 Å². The van der Waals surface area contributed by atoms with E-state index < -0.39 is 0 Å². The van der Waals surface area contributed by atoms with Crippen LogP contribution in [0, 0.1) is 180 Å². The lowest BCUT2D eigenvalue weighted by Crippen LogP contribution is -1.81. The van der Waals surface area contributed by atoms with Gasteiger partial charge in [-0.15, -0.1) is 0 Å². The molecule has 0 unspecified atom stereocenters. The molecule has 8 aromatic carbocycles. The van der Waals surface area contributed by atoms with E-state index in [0.717, 1.165) is 28.5 Å². The van der Waals surface area contributed by atoms with E-state index in [1.54, 1.807) is 0 Å². The Morgan fingerprint density at radius 1 is 0.183 bits per heavy atom. The normalized spacial score (nSPS) is 9.98. The van der Waals surface area contributed by atoms with Gasteiger partial charge in [-0.25, -0.2) is 0 Å². The number of allylic oxidation sites excluding steroid dienone is 4. The molecule has 6 nitrogen and oxygen atoms in total. The smallest absolute Gasteiger partial charge is 0.0401 e. The molecule has 15 rings (SSSR count). The van der Waals surface area contributed by atoms with Crippen molar-refractivity contribution in [3.63, 3.8) is 0 Å². The van der Waals surface area contributed by atoms with E-state index in [1.807, 2.05) is 142 Å². The Morgan fingerprint density at radius 3 is 0.583 bits per heavy atom. The van der Waals surface area contributed by atoms with E-state index in [4.69, 9.17) is 0 Å². The van der Waals surface area contributed by atoms with Crippen LogP contribution in [-0.2, 0) is 0 Å². The topological polar surface area (TPSA) is 77.3 Å². The molecule has 0 atom stereocenters. The van der Waals surface area contributed by atoms with E-state index in [1.165, 1.54) is 145 Å². The zero-order valence-corrected chi connectivity index (χ0v) is 75.3. The molecule has 6 heteroatoms. The van der Waals surface area contributed by atoms with E-state index >= 15 is 0 Å². The van der Waals surface area contributed by atoms with Crippen LogP contribution < -0.4 is 0 Å². The molecule has 0 aliphatic heterocycles. The van der Waals surface area contributed by atoms with Gasteiger partial charge < -0.3 is 0 Å². The maximum absolute atomic E-state index is 4.08. The van der Waals surface area contributed by atoms with Crippen molar-refractivity contribution in [1.82, 2.24) is 29.9 Å². The maximum atomic E-state index is 4.08. The number of hydrogen-bond donors (Lipinski definition) is 0. The molecule has 1 aliphatic carbocycles. The summed E-state index contributed by atoms with van der Waals surface area (Å²) < 4.78 is 0. The summed E-state index contributed by atoms with van der Waals surface area (Å²) >= 11 is 0. The van der Waals surface area contributed by atoms with Crippen molar-refractivity contribution in [1.29, 1.82) is 0 Å². The quantitative estimate of drug-likeness (QED) is 0.151. The number of aromatic nitrogens is 6. The van der Waals surface area contributed by atoms with E-state index in [0.29, 0.717) is 0 Å². The van der Waals surface area contributed by atoms with Crippen molar-refractivity contribution >= 4 is 10.8 Å². The summed E-state index contributed by atoms with van der Waals surface area (Å²) in [6.07, 6.45) is 18.5. The first kappa shape index (κ1) is 99.5. The van der Waals surface area contributed by atoms with Crippen molar-refractivity contribution in [2.75, 3.05) is 0 Å². The summed E-state index contributed by atoms with van der Waals surface area (Å²) in [5.41, 5.74) is 36.0. The van der Waals surface area contributed by atoms with E-state index in [9.17, 15) is 0 Å². The third-order valence-corrected chi connectivity index (χ3v) is 18.3. The van der Waals surface area contributed by atoms with Gasteiger partial charge in [0.1, 0.15) is 0 Å². The predicted octanol–water partition coefficient (Wildman–Crippen LogP) is 29.8. The molecule has 115 heavy (non-hydrogen) atoms. The molecule has 0 N–H and O–H groups in total. The van der Waals surface area contributed by atoms with Gasteiger partial charge in [0, 0.05) is 71.8 Å². The second-order valence-electron chi connectivity index (χ2n) is 30.0. The number of fused-ring (bicyclic) bond motifs is 1. The van der Waals surface area contributed by atoms with Gasteiger partial charge in [-0.3, -0.25) is 29.9 Å². The number of benzene rings is 8. The Kier molecular flexibility index (Phi) is 49.7. The fourth-order valence-electron chi connectivity index (χ4n) is 9.48. The van der Waals surface area contributed by atoms with Crippen LogP contribution in [0.1, 0.15) is 166 Å². The van der Waals surface area contributed by atoms with Crippen LogP contribution in [0.25, 0.3) is 10.8 Å². The average Bonchev–Trinajstić information content (AvgIpc) is 1.19. The Bertz CT molecular complexity index is 4000. The molecule has 6 heterocycles. The number of pyridine rings is 6. The predicted molar refractivity (Wildman–Crippen MR) is 503 cm³/mol. The molecule has 0 amide bonds. The molecule has 14 aromatic rings. The standard InChI is InChI=1S/C12H12.6C8H10.6C7H9N.C7H10/c1-9-7-11-5-3-4-6-12(11)8-10(9)2;3*1-7-3-5-8(2)6-4-7;3*1-7-5-3-4-6-8(7)2;1-6-3-4-8-5-7(6)2;4*1-6-3-4-7(2)8-5-6;1-6-4-3-5-8-7(6)2;1-6-3-4-7(2)5-6/h3-8H,1-2H3;6*3-6H,1-2H3;6*3-5H,1-2H3;3-4H,5H2,1-2H3. The van der Waals surface area contributed by atoms with Crippen LogP contribution in [0.15, 0.2) is 315 Å². The number of nitrogens with zero attached hydrogens (tertiary/aromatic N) is 6. The largest absolute Gasteiger partial charge is 0.264 e. The van der Waals surface area contributed by atoms with E-state index in [2.05, 4.69) is 386 Å². The highest BCUT2D eigenvalue weighted by Crippen LogP contribution is 2.19. The van der Waals surface area contributed by atoms with Crippen LogP contribution in [0.4, 0.5) is 0 Å². The fourth-order valence-corrected chi connectivity index (χ4v) is 9.48. The summed E-state index contributed by atoms with van der Waals surface area (Å²) in [6.45, 7) is 58.2. The van der Waals surface area contributed by atoms with Crippen molar-refractivity contribution in [3.05, 3.63) is 461 Å². The van der Waals surface area contributed by atoms with Crippen molar-refractivity contribution in [2.24, 2.45) is 0 Å². The van der Waals surface area contributed by atoms with Crippen molar-refractivity contribution < 1.29 is 0 Å². The molecule has 0 radical (unpaired) electrons. The SMILES string of the molecule is CC1=CC=C(C)C1.Cc1cc2ccccc2cc1C.Cc1ccc(C)cc1.Cc1ccc(C)cc1.Cc1ccc(C)cc1.Cc1ccc(C)nc1.Cc1ccc(C)nc1.Cc1ccc(C)nc1.Cc1ccc(C)nc1.Cc1ccccc1C.Cc1ccccc1C.Cc1ccccc1C.Cc1cccnc1C.Cc1ccncc1C. The Labute approximate surface area is 697 Å². The van der Waals surface area contributed by atoms with Gasteiger partial charge in [-0.2, -0.15) is 0 Å². The summed E-state index contributed by atoms with van der Waals surface area (Å²) in [5, 5.41) is 2.67. The Balaban J connectivity index is 0.000000421. The van der Waals surface area contributed by atoms with Crippen LogP contribution in [-0.4, -0.2) is 29.9 Å². The van der Waals surface area contributed by atoms with Crippen LogP contribution >= 0.6 is 0 Å². The van der Waals surface area contributed by atoms with Crippen LogP contribution in [0.2, 0.25) is 0 Å². The minimum atomic E-state index is 1.08. The lowest BCUT2D eigenvalue weighted by Gasteiger charge is -2.02. The first-order valence-corrected chi connectivity index (χ1v) is 39.9. The molecule has 6 aromatic heterocycles. The van der Waals surface area contributed by atoms with Gasteiger partial charge in [0.05, 0.1) is 0 Å². The molecule has 0 saturated heterocycles. The molecule has 1 aliphatic rings. The summed E-state index contributed by atoms with van der Waals surface area (Å²) in [4.78, 5) is 24.3. The second kappa shape index (κ2) is 57.4. The minimum absolute atomic E-state index is 1.08. The van der Waals surface area contributed by atoms with E-state index in [-0.39, 0.29) is 0 Å². The monoisotopic (exact) mass is 1530 g/mol. The van der Waals surface area contributed by atoms with Gasteiger partial charge in [0.2, 0.25) is 0 Å². The molecular formula is C109H136N6. The highest BCUT2D eigenvalue weighted by Gasteiger charge is 1.98. The highest BCUT2D eigenvalue weighted by atomic mass is 14.7. The van der Waals surface area contributed by atoms with Gasteiger partial charge in [0.25, 0.3) is 0 Å².